The second-order valence-corrected chi connectivity index (χ2v) is 3.94. The van der Waals surface area contributed by atoms with Gasteiger partial charge in [-0.2, -0.15) is 0 Å². The SMILES string of the molecule is c1ccc(OCC[C@H]2CCCCO2)cc1. The summed E-state index contributed by atoms with van der Waals surface area (Å²) in [6.07, 6.45) is 5.14. The molecule has 0 N–H and O–H groups in total. The van der Waals surface area contributed by atoms with Gasteiger partial charge in [0.2, 0.25) is 0 Å². The van der Waals surface area contributed by atoms with Gasteiger partial charge >= 0.3 is 0 Å². The van der Waals surface area contributed by atoms with Crippen molar-refractivity contribution in [2.75, 3.05) is 13.2 Å². The Kier molecular flexibility index (Phi) is 4.03. The quantitative estimate of drug-likeness (QED) is 0.754. The molecular weight excluding hydrogens is 188 g/mol. The summed E-state index contributed by atoms with van der Waals surface area (Å²) in [5.74, 6) is 0.952. The van der Waals surface area contributed by atoms with Crippen LogP contribution in [0.2, 0.25) is 0 Å². The average Bonchev–Trinajstić information content (AvgIpc) is 2.32. The van der Waals surface area contributed by atoms with Crippen LogP contribution in [0.4, 0.5) is 0 Å². The summed E-state index contributed by atoms with van der Waals surface area (Å²) < 4.78 is 11.3. The van der Waals surface area contributed by atoms with E-state index in [2.05, 4.69) is 0 Å². The Bertz CT molecular complexity index is 265. The van der Waals surface area contributed by atoms with E-state index in [1.165, 1.54) is 19.3 Å². The molecule has 0 spiro atoms. The first-order chi connectivity index (χ1) is 7.45. The van der Waals surface area contributed by atoms with Crippen LogP contribution >= 0.6 is 0 Å². The predicted octanol–water partition coefficient (Wildman–Crippen LogP) is 3.02. The molecule has 82 valence electrons. The highest BCUT2D eigenvalue weighted by molar-refractivity contribution is 5.20. The highest BCUT2D eigenvalue weighted by Crippen LogP contribution is 2.16. The van der Waals surface area contributed by atoms with Crippen LogP contribution in [0.5, 0.6) is 5.75 Å². The summed E-state index contributed by atoms with van der Waals surface area (Å²) in [5, 5.41) is 0. The molecule has 0 amide bonds. The predicted molar refractivity (Wildman–Crippen MR) is 60.1 cm³/mol. The molecule has 1 fully saturated rings. The molecule has 15 heavy (non-hydrogen) atoms. The number of para-hydroxylation sites is 1. The molecule has 1 heterocycles. The summed E-state index contributed by atoms with van der Waals surface area (Å²) in [7, 11) is 0. The zero-order chi connectivity index (χ0) is 10.3. The molecule has 1 aromatic carbocycles. The van der Waals surface area contributed by atoms with Crippen molar-refractivity contribution in [1.29, 1.82) is 0 Å². The summed E-state index contributed by atoms with van der Waals surface area (Å²) in [6, 6.07) is 9.96. The normalized spacial score (nSPS) is 21.2. The van der Waals surface area contributed by atoms with Crippen LogP contribution in [0.3, 0.4) is 0 Å². The highest BCUT2D eigenvalue weighted by Gasteiger charge is 2.13. The molecule has 1 aliphatic heterocycles. The first-order valence-corrected chi connectivity index (χ1v) is 5.74. The maximum Gasteiger partial charge on any atom is 0.119 e. The largest absolute Gasteiger partial charge is 0.493 e. The van der Waals surface area contributed by atoms with E-state index in [9.17, 15) is 0 Å². The molecule has 2 rings (SSSR count). The molecule has 0 aromatic heterocycles. The number of hydrogen-bond acceptors (Lipinski definition) is 2. The van der Waals surface area contributed by atoms with Gasteiger partial charge in [0.15, 0.2) is 0 Å². The minimum Gasteiger partial charge on any atom is -0.493 e. The molecule has 2 heteroatoms. The van der Waals surface area contributed by atoms with Gasteiger partial charge < -0.3 is 9.47 Å². The lowest BCUT2D eigenvalue weighted by molar-refractivity contribution is 0.00405. The Morgan fingerprint density at radius 2 is 2.07 bits per heavy atom. The third kappa shape index (κ3) is 3.56. The first kappa shape index (κ1) is 10.5. The van der Waals surface area contributed by atoms with Crippen molar-refractivity contribution in [3.63, 3.8) is 0 Å². The molecular formula is C13H18O2. The number of ether oxygens (including phenoxy) is 2. The highest BCUT2D eigenvalue weighted by atomic mass is 16.5. The van der Waals surface area contributed by atoms with Gasteiger partial charge in [0, 0.05) is 13.0 Å². The monoisotopic (exact) mass is 206 g/mol. The van der Waals surface area contributed by atoms with Gasteiger partial charge in [0.25, 0.3) is 0 Å². The minimum absolute atomic E-state index is 0.419. The molecule has 2 nitrogen and oxygen atoms in total. The fourth-order valence-electron chi connectivity index (χ4n) is 1.86. The van der Waals surface area contributed by atoms with Crippen LogP contribution in [0.25, 0.3) is 0 Å². The van der Waals surface area contributed by atoms with E-state index in [0.717, 1.165) is 25.4 Å². The number of benzene rings is 1. The minimum atomic E-state index is 0.419. The standard InChI is InChI=1S/C13H18O2/c1-2-6-12(7-3-1)15-11-9-13-8-4-5-10-14-13/h1-3,6-7,13H,4-5,8-11H2/t13-/m1/s1. The fourth-order valence-corrected chi connectivity index (χ4v) is 1.86. The zero-order valence-corrected chi connectivity index (χ0v) is 9.02. The van der Waals surface area contributed by atoms with E-state index in [-0.39, 0.29) is 0 Å². The number of rotatable bonds is 4. The van der Waals surface area contributed by atoms with Crippen molar-refractivity contribution in [2.45, 2.75) is 31.8 Å². The smallest absolute Gasteiger partial charge is 0.119 e. The van der Waals surface area contributed by atoms with Crippen LogP contribution in [0, 0.1) is 0 Å². The van der Waals surface area contributed by atoms with Crippen molar-refractivity contribution in [2.24, 2.45) is 0 Å². The van der Waals surface area contributed by atoms with Gasteiger partial charge in [0.1, 0.15) is 5.75 Å². The van der Waals surface area contributed by atoms with E-state index >= 15 is 0 Å². The van der Waals surface area contributed by atoms with Crippen molar-refractivity contribution in [3.8, 4) is 5.75 Å². The Morgan fingerprint density at radius 3 is 2.80 bits per heavy atom. The Morgan fingerprint density at radius 1 is 1.20 bits per heavy atom. The fraction of sp³-hybridized carbons (Fsp3) is 0.538. The maximum absolute atomic E-state index is 5.64. The van der Waals surface area contributed by atoms with Crippen LogP contribution in [-0.2, 0) is 4.74 Å². The van der Waals surface area contributed by atoms with Gasteiger partial charge in [0.05, 0.1) is 12.7 Å². The van der Waals surface area contributed by atoms with Gasteiger partial charge in [-0.25, -0.2) is 0 Å². The Hall–Kier alpha value is -1.02. The second-order valence-electron chi connectivity index (χ2n) is 3.94. The average molecular weight is 206 g/mol. The maximum atomic E-state index is 5.64. The first-order valence-electron chi connectivity index (χ1n) is 5.74. The molecule has 1 atom stereocenters. The lowest BCUT2D eigenvalue weighted by Gasteiger charge is -2.22. The third-order valence-electron chi connectivity index (χ3n) is 2.73. The summed E-state index contributed by atoms with van der Waals surface area (Å²) in [5.41, 5.74) is 0. The van der Waals surface area contributed by atoms with E-state index in [1.54, 1.807) is 0 Å². The van der Waals surface area contributed by atoms with Gasteiger partial charge in [-0.3, -0.25) is 0 Å². The molecule has 0 saturated carbocycles. The van der Waals surface area contributed by atoms with E-state index in [4.69, 9.17) is 9.47 Å². The van der Waals surface area contributed by atoms with Crippen molar-refractivity contribution in [3.05, 3.63) is 30.3 Å². The Balaban J connectivity index is 1.66. The second kappa shape index (κ2) is 5.76. The third-order valence-corrected chi connectivity index (χ3v) is 2.73. The molecule has 0 bridgehead atoms. The van der Waals surface area contributed by atoms with Crippen LogP contribution < -0.4 is 4.74 Å². The summed E-state index contributed by atoms with van der Waals surface area (Å²) in [6.45, 7) is 1.69. The van der Waals surface area contributed by atoms with Crippen molar-refractivity contribution in [1.82, 2.24) is 0 Å². The molecule has 0 aliphatic carbocycles. The topological polar surface area (TPSA) is 18.5 Å². The van der Waals surface area contributed by atoms with E-state index in [1.807, 2.05) is 30.3 Å². The van der Waals surface area contributed by atoms with Crippen LogP contribution in [0.15, 0.2) is 30.3 Å². The van der Waals surface area contributed by atoms with Crippen molar-refractivity contribution < 1.29 is 9.47 Å². The van der Waals surface area contributed by atoms with Crippen molar-refractivity contribution >= 4 is 0 Å². The molecule has 1 aromatic rings. The van der Waals surface area contributed by atoms with Crippen LogP contribution in [0.1, 0.15) is 25.7 Å². The van der Waals surface area contributed by atoms with Gasteiger partial charge in [-0.1, -0.05) is 18.2 Å². The molecule has 0 unspecified atom stereocenters. The summed E-state index contributed by atoms with van der Waals surface area (Å²) in [4.78, 5) is 0. The van der Waals surface area contributed by atoms with Gasteiger partial charge in [-0.15, -0.1) is 0 Å². The molecule has 1 aliphatic rings. The zero-order valence-electron chi connectivity index (χ0n) is 9.02. The van der Waals surface area contributed by atoms with E-state index < -0.39 is 0 Å². The van der Waals surface area contributed by atoms with Gasteiger partial charge in [-0.05, 0) is 31.4 Å². The lowest BCUT2D eigenvalue weighted by Crippen LogP contribution is -2.21. The van der Waals surface area contributed by atoms with E-state index in [0.29, 0.717) is 6.10 Å². The molecule has 0 radical (unpaired) electrons. The molecule has 1 saturated heterocycles. The number of hydrogen-bond donors (Lipinski definition) is 0. The van der Waals surface area contributed by atoms with Crippen LogP contribution in [-0.4, -0.2) is 19.3 Å². The lowest BCUT2D eigenvalue weighted by atomic mass is 10.1. The summed E-state index contributed by atoms with van der Waals surface area (Å²) >= 11 is 0. The Labute approximate surface area is 91.2 Å².